The SMILES string of the molecule is COc1cc(Nc2cc3cccc(-c4ccc(Cn5ccnc5)cc4)c3[nH]2)cc(OC)c1OC. The van der Waals surface area contributed by atoms with Gasteiger partial charge in [-0.25, -0.2) is 4.98 Å². The molecular formula is C27H26N4O3. The first-order valence-electron chi connectivity index (χ1n) is 10.9. The minimum atomic E-state index is 0.561. The number of methoxy groups -OCH3 is 3. The fourth-order valence-corrected chi connectivity index (χ4v) is 4.15. The lowest BCUT2D eigenvalue weighted by Gasteiger charge is -2.14. The molecule has 0 aliphatic carbocycles. The summed E-state index contributed by atoms with van der Waals surface area (Å²) in [4.78, 5) is 7.64. The Hall–Kier alpha value is -4.39. The Morgan fingerprint density at radius 2 is 1.68 bits per heavy atom. The highest BCUT2D eigenvalue weighted by atomic mass is 16.5. The zero-order chi connectivity index (χ0) is 23.5. The molecule has 0 atom stereocenters. The molecule has 0 saturated carbocycles. The van der Waals surface area contributed by atoms with Gasteiger partial charge in [0.25, 0.3) is 0 Å². The van der Waals surface area contributed by atoms with E-state index in [1.165, 1.54) is 5.56 Å². The van der Waals surface area contributed by atoms with Gasteiger partial charge in [0.2, 0.25) is 5.75 Å². The van der Waals surface area contributed by atoms with Crippen molar-refractivity contribution in [2.45, 2.75) is 6.54 Å². The van der Waals surface area contributed by atoms with Crippen LogP contribution in [-0.4, -0.2) is 35.9 Å². The van der Waals surface area contributed by atoms with E-state index in [1.807, 2.05) is 24.7 Å². The van der Waals surface area contributed by atoms with Crippen molar-refractivity contribution in [3.05, 3.63) is 84.9 Å². The molecule has 34 heavy (non-hydrogen) atoms. The Morgan fingerprint density at radius 3 is 2.32 bits per heavy atom. The van der Waals surface area contributed by atoms with Crippen LogP contribution in [0, 0.1) is 0 Å². The van der Waals surface area contributed by atoms with E-state index in [-0.39, 0.29) is 0 Å². The van der Waals surface area contributed by atoms with Crippen molar-refractivity contribution in [3.8, 4) is 28.4 Å². The van der Waals surface area contributed by atoms with Crippen LogP contribution in [0.5, 0.6) is 17.2 Å². The molecule has 0 radical (unpaired) electrons. The molecule has 0 bridgehead atoms. The number of para-hydroxylation sites is 1. The number of fused-ring (bicyclic) bond motifs is 1. The number of hydrogen-bond donors (Lipinski definition) is 2. The topological polar surface area (TPSA) is 73.3 Å². The maximum atomic E-state index is 5.48. The highest BCUT2D eigenvalue weighted by molar-refractivity contribution is 5.96. The average molecular weight is 455 g/mol. The number of anilines is 2. The minimum absolute atomic E-state index is 0.561. The monoisotopic (exact) mass is 454 g/mol. The maximum Gasteiger partial charge on any atom is 0.203 e. The van der Waals surface area contributed by atoms with Crippen LogP contribution in [0.1, 0.15) is 5.56 Å². The van der Waals surface area contributed by atoms with Gasteiger partial charge in [-0.3, -0.25) is 0 Å². The number of aromatic nitrogens is 3. The molecule has 5 rings (SSSR count). The van der Waals surface area contributed by atoms with Crippen LogP contribution in [0.2, 0.25) is 0 Å². The van der Waals surface area contributed by atoms with Crippen molar-refractivity contribution in [2.24, 2.45) is 0 Å². The lowest BCUT2D eigenvalue weighted by atomic mass is 10.0. The number of nitrogens with zero attached hydrogens (tertiary/aromatic N) is 2. The number of benzene rings is 3. The molecule has 172 valence electrons. The number of hydrogen-bond acceptors (Lipinski definition) is 5. The van der Waals surface area contributed by atoms with Gasteiger partial charge < -0.3 is 29.1 Å². The Kier molecular flexibility index (Phi) is 5.82. The molecule has 0 aliphatic heterocycles. The van der Waals surface area contributed by atoms with Crippen molar-refractivity contribution in [3.63, 3.8) is 0 Å². The van der Waals surface area contributed by atoms with Crippen LogP contribution in [0.15, 0.2) is 79.4 Å². The Morgan fingerprint density at radius 1 is 0.912 bits per heavy atom. The smallest absolute Gasteiger partial charge is 0.203 e. The molecule has 0 amide bonds. The second kappa shape index (κ2) is 9.23. The summed E-state index contributed by atoms with van der Waals surface area (Å²) in [6.45, 7) is 0.801. The number of imidazole rings is 1. The Balaban J connectivity index is 1.44. The van der Waals surface area contributed by atoms with E-state index in [2.05, 4.69) is 68.4 Å². The van der Waals surface area contributed by atoms with E-state index >= 15 is 0 Å². The Labute approximate surface area is 197 Å². The van der Waals surface area contributed by atoms with Gasteiger partial charge in [0.1, 0.15) is 5.82 Å². The first-order valence-corrected chi connectivity index (χ1v) is 10.9. The van der Waals surface area contributed by atoms with Gasteiger partial charge >= 0.3 is 0 Å². The highest BCUT2D eigenvalue weighted by Crippen LogP contribution is 2.41. The lowest BCUT2D eigenvalue weighted by Crippen LogP contribution is -1.98. The van der Waals surface area contributed by atoms with Gasteiger partial charge in [-0.15, -0.1) is 0 Å². The summed E-state index contributed by atoms with van der Waals surface area (Å²) in [7, 11) is 4.81. The molecule has 7 heteroatoms. The third-order valence-electron chi connectivity index (χ3n) is 5.79. The zero-order valence-electron chi connectivity index (χ0n) is 19.3. The van der Waals surface area contributed by atoms with Crippen molar-refractivity contribution in [1.82, 2.24) is 14.5 Å². The normalized spacial score (nSPS) is 10.9. The molecule has 0 unspecified atom stereocenters. The average Bonchev–Trinajstić information content (AvgIpc) is 3.53. The summed E-state index contributed by atoms with van der Waals surface area (Å²) >= 11 is 0. The van der Waals surface area contributed by atoms with Gasteiger partial charge in [0.05, 0.1) is 33.2 Å². The zero-order valence-corrected chi connectivity index (χ0v) is 19.3. The van der Waals surface area contributed by atoms with E-state index in [0.29, 0.717) is 17.2 Å². The van der Waals surface area contributed by atoms with Gasteiger partial charge in [0, 0.05) is 47.7 Å². The fraction of sp³-hybridized carbons (Fsp3) is 0.148. The molecule has 0 spiro atoms. The molecule has 7 nitrogen and oxygen atoms in total. The quantitative estimate of drug-likeness (QED) is 0.308. The number of aromatic amines is 1. The van der Waals surface area contributed by atoms with Crippen molar-refractivity contribution in [1.29, 1.82) is 0 Å². The molecule has 0 saturated heterocycles. The largest absolute Gasteiger partial charge is 0.493 e. The predicted octanol–water partition coefficient (Wildman–Crippen LogP) is 5.85. The second-order valence-corrected chi connectivity index (χ2v) is 7.92. The van der Waals surface area contributed by atoms with Gasteiger partial charge in [0.15, 0.2) is 11.5 Å². The third-order valence-corrected chi connectivity index (χ3v) is 5.79. The maximum absolute atomic E-state index is 5.48. The van der Waals surface area contributed by atoms with Crippen LogP contribution in [0.3, 0.4) is 0 Å². The summed E-state index contributed by atoms with van der Waals surface area (Å²) < 4.78 is 18.4. The van der Waals surface area contributed by atoms with Crippen LogP contribution in [-0.2, 0) is 6.54 Å². The van der Waals surface area contributed by atoms with E-state index in [9.17, 15) is 0 Å². The molecule has 0 aliphatic rings. The summed E-state index contributed by atoms with van der Waals surface area (Å²) in [5, 5.41) is 4.55. The summed E-state index contributed by atoms with van der Waals surface area (Å²) in [6, 6.07) is 20.8. The predicted molar refractivity (Wildman–Crippen MR) is 134 cm³/mol. The molecular weight excluding hydrogens is 428 g/mol. The Bertz CT molecular complexity index is 1380. The minimum Gasteiger partial charge on any atom is -0.493 e. The summed E-state index contributed by atoms with van der Waals surface area (Å²) in [6.07, 6.45) is 5.59. The molecule has 2 N–H and O–H groups in total. The molecule has 2 aromatic heterocycles. The molecule has 0 fully saturated rings. The molecule has 3 aromatic carbocycles. The lowest BCUT2D eigenvalue weighted by molar-refractivity contribution is 0.324. The van der Waals surface area contributed by atoms with Crippen molar-refractivity contribution >= 4 is 22.4 Å². The number of H-pyrrole nitrogens is 1. The molecule has 5 aromatic rings. The second-order valence-electron chi connectivity index (χ2n) is 7.92. The first-order chi connectivity index (χ1) is 16.7. The van der Waals surface area contributed by atoms with Crippen molar-refractivity contribution < 1.29 is 14.2 Å². The van der Waals surface area contributed by atoms with Crippen LogP contribution < -0.4 is 19.5 Å². The van der Waals surface area contributed by atoms with E-state index in [0.717, 1.165) is 40.1 Å². The molecule has 2 heterocycles. The number of ether oxygens (including phenoxy) is 3. The van der Waals surface area contributed by atoms with Crippen LogP contribution in [0.4, 0.5) is 11.5 Å². The number of rotatable bonds is 8. The highest BCUT2D eigenvalue weighted by Gasteiger charge is 2.14. The van der Waals surface area contributed by atoms with Crippen molar-refractivity contribution in [2.75, 3.05) is 26.6 Å². The van der Waals surface area contributed by atoms with Crippen LogP contribution >= 0.6 is 0 Å². The third kappa shape index (κ3) is 4.15. The van der Waals surface area contributed by atoms with Crippen LogP contribution in [0.25, 0.3) is 22.0 Å². The van der Waals surface area contributed by atoms with Gasteiger partial charge in [-0.1, -0.05) is 42.5 Å². The van der Waals surface area contributed by atoms with E-state index < -0.39 is 0 Å². The van der Waals surface area contributed by atoms with Gasteiger partial charge in [-0.05, 0) is 17.2 Å². The standard InChI is InChI=1S/C27H26N4O3/c1-32-23-14-21(15-24(33-2)27(23)34-3)29-25-13-20-5-4-6-22(26(20)30-25)19-9-7-18(8-10-19)16-31-12-11-28-17-31/h4-15,17,29-30H,16H2,1-3H3. The fourth-order valence-electron chi connectivity index (χ4n) is 4.15. The van der Waals surface area contributed by atoms with E-state index in [1.54, 1.807) is 27.5 Å². The van der Waals surface area contributed by atoms with E-state index in [4.69, 9.17) is 14.2 Å². The number of nitrogens with one attached hydrogen (secondary N) is 2. The van der Waals surface area contributed by atoms with Gasteiger partial charge in [-0.2, -0.15) is 0 Å². The first kappa shape index (κ1) is 21.5. The summed E-state index contributed by atoms with van der Waals surface area (Å²) in [5.41, 5.74) is 5.42. The summed E-state index contributed by atoms with van der Waals surface area (Å²) in [5.74, 6) is 2.62.